The van der Waals surface area contributed by atoms with Crippen LogP contribution >= 0.6 is 0 Å². The molecule has 1 N–H and O–H groups in total. The summed E-state index contributed by atoms with van der Waals surface area (Å²) in [5.74, 6) is -0.185. The molecule has 0 aliphatic heterocycles. The van der Waals surface area contributed by atoms with E-state index in [1.807, 2.05) is 12.1 Å². The fraction of sp³-hybridized carbons (Fsp3) is 0.647. The second-order valence-corrected chi connectivity index (χ2v) is 7.10. The Morgan fingerprint density at radius 2 is 1.65 bits per heavy atom. The lowest BCUT2D eigenvalue weighted by Crippen LogP contribution is -2.46. The Morgan fingerprint density at radius 3 is 2.10 bits per heavy atom. The molecule has 2 nitrogen and oxygen atoms in total. The van der Waals surface area contributed by atoms with Crippen molar-refractivity contribution in [3.63, 3.8) is 0 Å². The molecule has 0 bridgehead atoms. The summed E-state index contributed by atoms with van der Waals surface area (Å²) in [5.41, 5.74) is 1.38. The van der Waals surface area contributed by atoms with Crippen molar-refractivity contribution < 1.29 is 4.39 Å². The van der Waals surface area contributed by atoms with Gasteiger partial charge in [-0.25, -0.2) is 4.39 Å². The van der Waals surface area contributed by atoms with Gasteiger partial charge in [0.1, 0.15) is 5.82 Å². The molecular weight excluding hydrogens is 251 g/mol. The number of nitrogens with one attached hydrogen (secondary N) is 1. The van der Waals surface area contributed by atoms with Gasteiger partial charge in [-0.15, -0.1) is 0 Å². The van der Waals surface area contributed by atoms with Crippen molar-refractivity contribution in [2.45, 2.75) is 46.6 Å². The van der Waals surface area contributed by atoms with Crippen molar-refractivity contribution in [2.24, 2.45) is 5.41 Å². The number of nitrogens with zero attached hydrogens (tertiary/aromatic N) is 1. The van der Waals surface area contributed by atoms with Gasteiger partial charge >= 0.3 is 0 Å². The molecule has 0 amide bonds. The molecule has 1 aromatic rings. The maximum atomic E-state index is 13.0. The highest BCUT2D eigenvalue weighted by Crippen LogP contribution is 2.25. The third-order valence-electron chi connectivity index (χ3n) is 3.79. The van der Waals surface area contributed by atoms with Gasteiger partial charge in [-0.05, 0) is 56.9 Å². The van der Waals surface area contributed by atoms with Crippen LogP contribution in [0.2, 0.25) is 0 Å². The minimum absolute atomic E-state index is 0.130. The van der Waals surface area contributed by atoms with Crippen LogP contribution in [0.1, 0.15) is 41.0 Å². The second-order valence-electron chi connectivity index (χ2n) is 7.10. The molecule has 0 fully saturated rings. The molecule has 0 saturated carbocycles. The first kappa shape index (κ1) is 17.0. The quantitative estimate of drug-likeness (QED) is 0.845. The van der Waals surface area contributed by atoms with Crippen LogP contribution in [0.25, 0.3) is 0 Å². The monoisotopic (exact) mass is 280 g/mol. The zero-order valence-corrected chi connectivity index (χ0v) is 13.8. The number of halogens is 1. The molecular formula is C17H29FN2. The highest BCUT2D eigenvalue weighted by molar-refractivity contribution is 5.45. The SMILES string of the molecule is CCC(C)(CNC(C)(C)C)CN(C)c1ccc(F)cc1. The standard InChI is InChI=1S/C17H29FN2/c1-7-17(5,12-19-16(2,3)4)13-20(6)15-10-8-14(18)9-11-15/h8-11,19H,7,12-13H2,1-6H3. The third-order valence-corrected chi connectivity index (χ3v) is 3.79. The van der Waals surface area contributed by atoms with E-state index in [2.05, 4.69) is 51.9 Å². The van der Waals surface area contributed by atoms with Crippen LogP contribution in [-0.2, 0) is 0 Å². The Bertz CT molecular complexity index is 408. The van der Waals surface area contributed by atoms with Gasteiger partial charge in [0.05, 0.1) is 0 Å². The number of benzene rings is 1. The van der Waals surface area contributed by atoms with Crippen LogP contribution in [0.3, 0.4) is 0 Å². The lowest BCUT2D eigenvalue weighted by Gasteiger charge is -2.36. The van der Waals surface area contributed by atoms with Gasteiger partial charge in [-0.2, -0.15) is 0 Å². The summed E-state index contributed by atoms with van der Waals surface area (Å²) < 4.78 is 13.0. The topological polar surface area (TPSA) is 15.3 Å². The van der Waals surface area contributed by atoms with Gasteiger partial charge in [-0.1, -0.05) is 13.8 Å². The van der Waals surface area contributed by atoms with Crippen LogP contribution in [0.15, 0.2) is 24.3 Å². The van der Waals surface area contributed by atoms with E-state index in [0.29, 0.717) is 0 Å². The van der Waals surface area contributed by atoms with E-state index in [1.165, 1.54) is 12.1 Å². The third kappa shape index (κ3) is 5.49. The first-order valence-corrected chi connectivity index (χ1v) is 7.37. The molecule has 1 atom stereocenters. The molecule has 0 radical (unpaired) electrons. The fourth-order valence-corrected chi connectivity index (χ4v) is 2.13. The number of rotatable bonds is 6. The fourth-order valence-electron chi connectivity index (χ4n) is 2.13. The van der Waals surface area contributed by atoms with Crippen LogP contribution in [0.5, 0.6) is 0 Å². The van der Waals surface area contributed by atoms with E-state index in [9.17, 15) is 4.39 Å². The van der Waals surface area contributed by atoms with Gasteiger partial charge in [0.25, 0.3) is 0 Å². The molecule has 0 heterocycles. The number of hydrogen-bond acceptors (Lipinski definition) is 2. The highest BCUT2D eigenvalue weighted by Gasteiger charge is 2.26. The zero-order valence-electron chi connectivity index (χ0n) is 13.8. The number of anilines is 1. The summed E-state index contributed by atoms with van der Waals surface area (Å²) in [7, 11) is 2.07. The minimum atomic E-state index is -0.185. The van der Waals surface area contributed by atoms with Gasteiger partial charge in [0.2, 0.25) is 0 Å². The Hall–Kier alpha value is -1.09. The van der Waals surface area contributed by atoms with Gasteiger partial charge in [0.15, 0.2) is 0 Å². The Morgan fingerprint density at radius 1 is 1.10 bits per heavy atom. The van der Waals surface area contributed by atoms with Crippen LogP contribution in [0.4, 0.5) is 10.1 Å². The molecule has 0 aliphatic rings. The summed E-state index contributed by atoms with van der Waals surface area (Å²) in [6.45, 7) is 13.0. The average Bonchev–Trinajstić information content (AvgIpc) is 2.36. The highest BCUT2D eigenvalue weighted by atomic mass is 19.1. The van der Waals surface area contributed by atoms with Crippen molar-refractivity contribution in [3.05, 3.63) is 30.1 Å². The van der Waals surface area contributed by atoms with Crippen molar-refractivity contribution in [3.8, 4) is 0 Å². The first-order valence-electron chi connectivity index (χ1n) is 7.37. The Kier molecular flexibility index (Phi) is 5.58. The maximum absolute atomic E-state index is 13.0. The van der Waals surface area contributed by atoms with E-state index in [-0.39, 0.29) is 16.8 Å². The van der Waals surface area contributed by atoms with Gasteiger partial charge in [0, 0.05) is 31.4 Å². The van der Waals surface area contributed by atoms with Crippen molar-refractivity contribution in [1.82, 2.24) is 5.32 Å². The van der Waals surface area contributed by atoms with Crippen molar-refractivity contribution in [2.75, 3.05) is 25.0 Å². The molecule has 20 heavy (non-hydrogen) atoms. The predicted octanol–water partition coefficient (Wildman–Crippen LogP) is 4.07. The lowest BCUT2D eigenvalue weighted by molar-refractivity contribution is 0.262. The second kappa shape index (κ2) is 6.57. The molecule has 3 heteroatoms. The number of hydrogen-bond donors (Lipinski definition) is 1. The Balaban J connectivity index is 2.68. The van der Waals surface area contributed by atoms with E-state index in [1.54, 1.807) is 0 Å². The van der Waals surface area contributed by atoms with Crippen molar-refractivity contribution >= 4 is 5.69 Å². The molecule has 114 valence electrons. The summed E-state index contributed by atoms with van der Waals surface area (Å²) in [6.07, 6.45) is 1.10. The molecule has 0 spiro atoms. The first-order chi connectivity index (χ1) is 9.15. The van der Waals surface area contributed by atoms with E-state index in [4.69, 9.17) is 0 Å². The lowest BCUT2D eigenvalue weighted by atomic mass is 9.86. The predicted molar refractivity (Wildman–Crippen MR) is 85.8 cm³/mol. The van der Waals surface area contributed by atoms with Crippen LogP contribution in [-0.4, -0.2) is 25.7 Å². The maximum Gasteiger partial charge on any atom is 0.123 e. The molecule has 0 saturated heterocycles. The molecule has 0 aliphatic carbocycles. The van der Waals surface area contributed by atoms with Gasteiger partial charge < -0.3 is 10.2 Å². The van der Waals surface area contributed by atoms with E-state index >= 15 is 0 Å². The van der Waals surface area contributed by atoms with Gasteiger partial charge in [-0.3, -0.25) is 0 Å². The molecule has 1 unspecified atom stereocenters. The Labute approximate surface area is 123 Å². The van der Waals surface area contributed by atoms with Crippen LogP contribution < -0.4 is 10.2 Å². The largest absolute Gasteiger partial charge is 0.374 e. The summed E-state index contributed by atoms with van der Waals surface area (Å²) in [4.78, 5) is 2.20. The average molecular weight is 280 g/mol. The summed E-state index contributed by atoms with van der Waals surface area (Å²) in [5, 5.41) is 3.59. The smallest absolute Gasteiger partial charge is 0.123 e. The van der Waals surface area contributed by atoms with E-state index in [0.717, 1.165) is 25.2 Å². The van der Waals surface area contributed by atoms with Crippen LogP contribution in [0, 0.1) is 11.2 Å². The molecule has 1 aromatic carbocycles. The normalized spacial score (nSPS) is 14.9. The van der Waals surface area contributed by atoms with Crippen molar-refractivity contribution in [1.29, 1.82) is 0 Å². The summed E-state index contributed by atoms with van der Waals surface area (Å²) >= 11 is 0. The zero-order chi connectivity index (χ0) is 15.4. The molecule has 0 aromatic heterocycles. The summed E-state index contributed by atoms with van der Waals surface area (Å²) in [6, 6.07) is 6.70. The minimum Gasteiger partial charge on any atom is -0.374 e. The molecule has 1 rings (SSSR count). The van der Waals surface area contributed by atoms with E-state index < -0.39 is 0 Å².